The fourth-order valence-corrected chi connectivity index (χ4v) is 1.15. The molecule has 12 heavy (non-hydrogen) atoms. The van der Waals surface area contributed by atoms with Crippen LogP contribution in [0.3, 0.4) is 0 Å². The fourth-order valence-electron chi connectivity index (χ4n) is 1.15. The van der Waals surface area contributed by atoms with Crippen LogP contribution in [0.5, 0.6) is 5.75 Å². The lowest BCUT2D eigenvalue weighted by molar-refractivity contribution is 0.361. The van der Waals surface area contributed by atoms with Crippen LogP contribution in [0.15, 0.2) is 34.9 Å². The number of ether oxygens (including phenoxy) is 1. The molecule has 0 fully saturated rings. The van der Waals surface area contributed by atoms with Crippen LogP contribution >= 0.6 is 0 Å². The van der Waals surface area contributed by atoms with E-state index in [9.17, 15) is 0 Å². The van der Waals surface area contributed by atoms with Crippen LogP contribution in [0.4, 0.5) is 0 Å². The molecule has 0 saturated heterocycles. The number of furan rings is 1. The maximum atomic E-state index is 5.23. The number of benzene rings is 1. The zero-order chi connectivity index (χ0) is 8.39. The Balaban J connectivity index is 2.46. The van der Waals surface area contributed by atoms with Crippen molar-refractivity contribution in [3.8, 4) is 5.75 Å². The summed E-state index contributed by atoms with van der Waals surface area (Å²) >= 11 is 0. The van der Waals surface area contributed by atoms with E-state index >= 15 is 0 Å². The largest absolute Gasteiger partial charge is 0.494 e. The normalized spacial score (nSPS) is 10.4. The maximum Gasteiger partial charge on any atom is 0.134 e. The molecule has 0 aliphatic carbocycles. The van der Waals surface area contributed by atoms with Gasteiger partial charge >= 0.3 is 0 Å². The van der Waals surface area contributed by atoms with E-state index in [-0.39, 0.29) is 0 Å². The van der Waals surface area contributed by atoms with Crippen LogP contribution in [0, 0.1) is 6.92 Å². The summed E-state index contributed by atoms with van der Waals surface area (Å²) in [5.74, 6) is 0.832. The van der Waals surface area contributed by atoms with Crippen molar-refractivity contribution in [3.63, 3.8) is 0 Å². The second-order valence-electron chi connectivity index (χ2n) is 2.47. The molecule has 0 aliphatic heterocycles. The SMILES string of the molecule is [CH2]COc1ccc2occc2c1. The average molecular weight is 161 g/mol. The summed E-state index contributed by atoms with van der Waals surface area (Å²) in [6.07, 6.45) is 1.67. The first-order valence-electron chi connectivity index (χ1n) is 3.79. The van der Waals surface area contributed by atoms with Crippen molar-refractivity contribution in [1.82, 2.24) is 0 Å². The van der Waals surface area contributed by atoms with Crippen molar-refractivity contribution in [2.45, 2.75) is 0 Å². The minimum Gasteiger partial charge on any atom is -0.494 e. The molecule has 0 unspecified atom stereocenters. The lowest BCUT2D eigenvalue weighted by atomic mass is 10.2. The van der Waals surface area contributed by atoms with Gasteiger partial charge in [0, 0.05) is 5.39 Å². The van der Waals surface area contributed by atoms with Gasteiger partial charge in [0.1, 0.15) is 11.3 Å². The van der Waals surface area contributed by atoms with Crippen LogP contribution in [0.2, 0.25) is 0 Å². The van der Waals surface area contributed by atoms with E-state index < -0.39 is 0 Å². The number of rotatable bonds is 2. The van der Waals surface area contributed by atoms with Crippen molar-refractivity contribution in [2.75, 3.05) is 6.61 Å². The van der Waals surface area contributed by atoms with Crippen molar-refractivity contribution in [1.29, 1.82) is 0 Å². The van der Waals surface area contributed by atoms with E-state index in [4.69, 9.17) is 9.15 Å². The molecule has 2 rings (SSSR count). The Morgan fingerprint density at radius 1 is 1.33 bits per heavy atom. The molecule has 2 nitrogen and oxygen atoms in total. The van der Waals surface area contributed by atoms with E-state index in [2.05, 4.69) is 6.92 Å². The van der Waals surface area contributed by atoms with Gasteiger partial charge in [-0.2, -0.15) is 0 Å². The third-order valence-electron chi connectivity index (χ3n) is 1.69. The van der Waals surface area contributed by atoms with Gasteiger partial charge in [0.05, 0.1) is 12.9 Å². The molecule has 0 atom stereocenters. The second kappa shape index (κ2) is 2.89. The Labute approximate surface area is 70.8 Å². The average Bonchev–Trinajstić information content (AvgIpc) is 2.51. The Hall–Kier alpha value is -1.44. The first-order valence-corrected chi connectivity index (χ1v) is 3.79. The minimum absolute atomic E-state index is 0.448. The molecule has 0 bridgehead atoms. The number of fused-ring (bicyclic) bond motifs is 1. The summed E-state index contributed by atoms with van der Waals surface area (Å²) in [6, 6.07) is 7.60. The Morgan fingerprint density at radius 2 is 2.25 bits per heavy atom. The van der Waals surface area contributed by atoms with Crippen molar-refractivity contribution in [2.24, 2.45) is 0 Å². The van der Waals surface area contributed by atoms with Gasteiger partial charge in [0.15, 0.2) is 0 Å². The molecule has 0 amide bonds. The van der Waals surface area contributed by atoms with Gasteiger partial charge in [0.25, 0.3) is 0 Å². The lowest BCUT2D eigenvalue weighted by Crippen LogP contribution is -1.90. The standard InChI is InChI=1S/C10H9O2/c1-2-11-9-3-4-10-8(7-9)5-6-12-10/h3-7H,1-2H2. The summed E-state index contributed by atoms with van der Waals surface area (Å²) in [6.45, 7) is 4.05. The second-order valence-corrected chi connectivity index (χ2v) is 2.47. The predicted octanol–water partition coefficient (Wildman–Crippen LogP) is 2.65. The van der Waals surface area contributed by atoms with Crippen molar-refractivity contribution >= 4 is 11.0 Å². The molecule has 1 aromatic carbocycles. The third-order valence-corrected chi connectivity index (χ3v) is 1.69. The van der Waals surface area contributed by atoms with Crippen LogP contribution in [-0.4, -0.2) is 6.61 Å². The molecule has 1 radical (unpaired) electrons. The zero-order valence-corrected chi connectivity index (χ0v) is 6.62. The molecule has 0 N–H and O–H groups in total. The third kappa shape index (κ3) is 1.16. The van der Waals surface area contributed by atoms with Crippen LogP contribution in [0.1, 0.15) is 0 Å². The minimum atomic E-state index is 0.448. The van der Waals surface area contributed by atoms with Crippen molar-refractivity contribution < 1.29 is 9.15 Å². The highest BCUT2D eigenvalue weighted by Crippen LogP contribution is 2.21. The highest BCUT2D eigenvalue weighted by atomic mass is 16.5. The van der Waals surface area contributed by atoms with E-state index in [1.807, 2.05) is 24.3 Å². The molecule has 1 aromatic heterocycles. The van der Waals surface area contributed by atoms with Gasteiger partial charge in [-0.05, 0) is 31.2 Å². The van der Waals surface area contributed by atoms with Crippen molar-refractivity contribution in [3.05, 3.63) is 37.5 Å². The Kier molecular flexibility index (Phi) is 1.74. The Bertz CT molecular complexity index is 376. The molecular weight excluding hydrogens is 152 g/mol. The zero-order valence-electron chi connectivity index (χ0n) is 6.62. The van der Waals surface area contributed by atoms with E-state index in [0.717, 1.165) is 16.7 Å². The highest BCUT2D eigenvalue weighted by Gasteiger charge is 1.97. The lowest BCUT2D eigenvalue weighted by Gasteiger charge is -2.00. The predicted molar refractivity (Wildman–Crippen MR) is 47.1 cm³/mol. The molecule has 2 heteroatoms. The summed E-state index contributed by atoms with van der Waals surface area (Å²) in [7, 11) is 0. The molecule has 61 valence electrons. The van der Waals surface area contributed by atoms with Gasteiger partial charge < -0.3 is 9.15 Å². The van der Waals surface area contributed by atoms with Crippen LogP contribution < -0.4 is 4.74 Å². The monoisotopic (exact) mass is 161 g/mol. The highest BCUT2D eigenvalue weighted by molar-refractivity contribution is 5.78. The molecule has 2 aromatic rings. The van der Waals surface area contributed by atoms with Gasteiger partial charge in [-0.1, -0.05) is 0 Å². The van der Waals surface area contributed by atoms with Gasteiger partial charge in [-0.25, -0.2) is 0 Å². The van der Waals surface area contributed by atoms with E-state index in [1.54, 1.807) is 6.26 Å². The molecule has 0 spiro atoms. The molecule has 0 saturated carbocycles. The Morgan fingerprint density at radius 3 is 3.08 bits per heavy atom. The first kappa shape index (κ1) is 7.22. The number of hydrogen-bond acceptors (Lipinski definition) is 2. The van der Waals surface area contributed by atoms with E-state index in [0.29, 0.717) is 6.61 Å². The van der Waals surface area contributed by atoms with Gasteiger partial charge in [0.2, 0.25) is 0 Å². The van der Waals surface area contributed by atoms with E-state index in [1.165, 1.54) is 0 Å². The maximum absolute atomic E-state index is 5.23. The van der Waals surface area contributed by atoms with Gasteiger partial charge in [-0.15, -0.1) is 0 Å². The summed E-state index contributed by atoms with van der Waals surface area (Å²) in [5, 5.41) is 1.06. The topological polar surface area (TPSA) is 22.4 Å². The first-order chi connectivity index (χ1) is 5.90. The summed E-state index contributed by atoms with van der Waals surface area (Å²) < 4.78 is 10.4. The molecular formula is C10H9O2. The fraction of sp³-hybridized carbons (Fsp3) is 0.100. The van der Waals surface area contributed by atoms with Gasteiger partial charge in [-0.3, -0.25) is 0 Å². The summed E-state index contributed by atoms with van der Waals surface area (Å²) in [5.41, 5.74) is 0.881. The van der Waals surface area contributed by atoms with Crippen LogP contribution in [-0.2, 0) is 0 Å². The quantitative estimate of drug-likeness (QED) is 0.675. The van der Waals surface area contributed by atoms with Crippen LogP contribution in [0.25, 0.3) is 11.0 Å². The molecule has 1 heterocycles. The summed E-state index contributed by atoms with van der Waals surface area (Å²) in [4.78, 5) is 0. The molecule has 0 aliphatic rings. The smallest absolute Gasteiger partial charge is 0.134 e. The number of hydrogen-bond donors (Lipinski definition) is 0.